The van der Waals surface area contributed by atoms with Crippen molar-refractivity contribution < 1.29 is 4.79 Å². The van der Waals surface area contributed by atoms with Gasteiger partial charge < -0.3 is 10.6 Å². The monoisotopic (exact) mass is 184 g/mol. The van der Waals surface area contributed by atoms with Gasteiger partial charge in [-0.25, -0.2) is 0 Å². The third-order valence-electron chi connectivity index (χ3n) is 2.71. The summed E-state index contributed by atoms with van der Waals surface area (Å²) in [6, 6.07) is 0.426. The van der Waals surface area contributed by atoms with Crippen LogP contribution in [0.25, 0.3) is 0 Å². The average molecular weight is 184 g/mol. The van der Waals surface area contributed by atoms with Gasteiger partial charge >= 0.3 is 0 Å². The minimum Gasteiger partial charge on any atom is -0.352 e. The van der Waals surface area contributed by atoms with Crippen molar-refractivity contribution >= 4 is 5.91 Å². The van der Waals surface area contributed by atoms with E-state index in [4.69, 9.17) is 0 Å². The molecule has 1 amide bonds. The number of hydrogen-bond acceptors (Lipinski definition) is 2. The Morgan fingerprint density at radius 2 is 2.23 bits per heavy atom. The van der Waals surface area contributed by atoms with E-state index < -0.39 is 0 Å². The van der Waals surface area contributed by atoms with Gasteiger partial charge in [0.15, 0.2) is 0 Å². The Morgan fingerprint density at radius 3 is 2.69 bits per heavy atom. The van der Waals surface area contributed by atoms with Crippen molar-refractivity contribution in [3.05, 3.63) is 0 Å². The predicted molar refractivity (Wildman–Crippen MR) is 53.5 cm³/mol. The third-order valence-corrected chi connectivity index (χ3v) is 2.71. The number of carbonyl (C=O) groups is 1. The molecule has 0 aromatic carbocycles. The van der Waals surface area contributed by atoms with Crippen molar-refractivity contribution in [1.82, 2.24) is 10.6 Å². The molecule has 1 aliphatic heterocycles. The summed E-state index contributed by atoms with van der Waals surface area (Å²) in [5, 5.41) is 6.25. The number of carbonyl (C=O) groups excluding carboxylic acids is 1. The molecule has 1 saturated heterocycles. The zero-order valence-electron chi connectivity index (χ0n) is 8.60. The van der Waals surface area contributed by atoms with Crippen LogP contribution in [0.3, 0.4) is 0 Å². The van der Waals surface area contributed by atoms with Gasteiger partial charge in [-0.1, -0.05) is 13.8 Å². The number of rotatable bonds is 4. The highest BCUT2D eigenvalue weighted by Crippen LogP contribution is 2.06. The summed E-state index contributed by atoms with van der Waals surface area (Å²) in [6.07, 6.45) is 4.16. The minimum absolute atomic E-state index is 0.0700. The maximum Gasteiger partial charge on any atom is 0.237 e. The molecule has 1 heterocycles. The molecule has 0 bridgehead atoms. The van der Waals surface area contributed by atoms with Gasteiger partial charge in [0.25, 0.3) is 0 Å². The lowest BCUT2D eigenvalue weighted by atomic mass is 10.1. The van der Waals surface area contributed by atoms with E-state index >= 15 is 0 Å². The van der Waals surface area contributed by atoms with Crippen molar-refractivity contribution in [2.24, 2.45) is 0 Å². The second-order valence-electron chi connectivity index (χ2n) is 3.67. The summed E-state index contributed by atoms with van der Waals surface area (Å²) >= 11 is 0. The lowest BCUT2D eigenvalue weighted by Gasteiger charge is -2.17. The molecule has 2 N–H and O–H groups in total. The maximum atomic E-state index is 11.6. The van der Waals surface area contributed by atoms with E-state index in [-0.39, 0.29) is 11.9 Å². The molecule has 13 heavy (non-hydrogen) atoms. The van der Waals surface area contributed by atoms with E-state index in [9.17, 15) is 4.79 Å². The molecule has 0 spiro atoms. The fraction of sp³-hybridized carbons (Fsp3) is 0.900. The van der Waals surface area contributed by atoms with Crippen LogP contribution in [0, 0.1) is 0 Å². The molecule has 76 valence electrons. The second kappa shape index (κ2) is 5.22. The van der Waals surface area contributed by atoms with E-state index in [1.807, 2.05) is 0 Å². The van der Waals surface area contributed by atoms with Crippen LogP contribution < -0.4 is 10.6 Å². The fourth-order valence-corrected chi connectivity index (χ4v) is 1.70. The first-order chi connectivity index (χ1) is 6.27. The molecule has 1 rings (SSSR count). The Bertz CT molecular complexity index is 160. The van der Waals surface area contributed by atoms with Crippen LogP contribution in [0.4, 0.5) is 0 Å². The van der Waals surface area contributed by atoms with Gasteiger partial charge in [-0.3, -0.25) is 4.79 Å². The molecule has 3 nitrogen and oxygen atoms in total. The zero-order chi connectivity index (χ0) is 9.68. The summed E-state index contributed by atoms with van der Waals surface area (Å²) < 4.78 is 0. The van der Waals surface area contributed by atoms with Gasteiger partial charge in [-0.05, 0) is 32.2 Å². The highest BCUT2D eigenvalue weighted by atomic mass is 16.2. The Kier molecular flexibility index (Phi) is 4.22. The first kappa shape index (κ1) is 10.5. The zero-order valence-corrected chi connectivity index (χ0v) is 8.60. The molecular weight excluding hydrogens is 164 g/mol. The van der Waals surface area contributed by atoms with Gasteiger partial charge in [0.1, 0.15) is 0 Å². The SMILES string of the molecule is CCC(CC)NC(=O)C1CCCN1. The fourth-order valence-electron chi connectivity index (χ4n) is 1.70. The number of nitrogens with one attached hydrogen (secondary N) is 2. The first-order valence-electron chi connectivity index (χ1n) is 5.31. The molecule has 3 heteroatoms. The standard InChI is InChI=1S/C10H20N2O/c1-3-8(4-2)12-10(13)9-6-5-7-11-9/h8-9,11H,3-7H2,1-2H3,(H,12,13). The normalized spacial score (nSPS) is 22.2. The van der Waals surface area contributed by atoms with Crippen LogP contribution in [-0.4, -0.2) is 24.5 Å². The predicted octanol–water partition coefficient (Wildman–Crippen LogP) is 1.04. The number of hydrogen-bond donors (Lipinski definition) is 2. The highest BCUT2D eigenvalue weighted by molar-refractivity contribution is 5.82. The lowest BCUT2D eigenvalue weighted by Crippen LogP contribution is -2.44. The summed E-state index contributed by atoms with van der Waals surface area (Å²) in [5.41, 5.74) is 0. The Hall–Kier alpha value is -0.570. The summed E-state index contributed by atoms with van der Waals surface area (Å²) in [7, 11) is 0. The largest absolute Gasteiger partial charge is 0.352 e. The van der Waals surface area contributed by atoms with Gasteiger partial charge in [0, 0.05) is 6.04 Å². The molecule has 0 saturated carbocycles. The first-order valence-corrected chi connectivity index (χ1v) is 5.31. The third kappa shape index (κ3) is 2.99. The highest BCUT2D eigenvalue weighted by Gasteiger charge is 2.22. The van der Waals surface area contributed by atoms with Gasteiger partial charge in [0.2, 0.25) is 5.91 Å². The Labute approximate surface area is 80.3 Å². The van der Waals surface area contributed by atoms with Crippen LogP contribution in [0.5, 0.6) is 0 Å². The molecule has 1 atom stereocenters. The van der Waals surface area contributed by atoms with Crippen molar-refractivity contribution in [3.8, 4) is 0 Å². The smallest absolute Gasteiger partial charge is 0.237 e. The molecule has 0 aromatic heterocycles. The minimum atomic E-state index is 0.0700. The van der Waals surface area contributed by atoms with Crippen molar-refractivity contribution in [2.45, 2.75) is 51.6 Å². The van der Waals surface area contributed by atoms with Gasteiger partial charge in [-0.2, -0.15) is 0 Å². The molecule has 1 fully saturated rings. The second-order valence-corrected chi connectivity index (χ2v) is 3.67. The topological polar surface area (TPSA) is 41.1 Å². The molecule has 0 aliphatic carbocycles. The van der Waals surface area contributed by atoms with Crippen LogP contribution in [0.1, 0.15) is 39.5 Å². The van der Waals surface area contributed by atoms with Gasteiger partial charge in [-0.15, -0.1) is 0 Å². The summed E-state index contributed by atoms with van der Waals surface area (Å²) in [6.45, 7) is 5.20. The van der Waals surface area contributed by atoms with Crippen LogP contribution in [0.2, 0.25) is 0 Å². The summed E-state index contributed by atoms with van der Waals surface area (Å²) in [5.74, 6) is 0.186. The van der Waals surface area contributed by atoms with Crippen LogP contribution in [0.15, 0.2) is 0 Å². The van der Waals surface area contributed by atoms with Crippen molar-refractivity contribution in [2.75, 3.05) is 6.54 Å². The quantitative estimate of drug-likeness (QED) is 0.685. The Balaban J connectivity index is 2.30. The molecular formula is C10H20N2O. The van der Waals surface area contributed by atoms with E-state index in [0.29, 0.717) is 6.04 Å². The lowest BCUT2D eigenvalue weighted by molar-refractivity contribution is -0.123. The van der Waals surface area contributed by atoms with E-state index in [1.165, 1.54) is 0 Å². The molecule has 1 aliphatic rings. The van der Waals surface area contributed by atoms with Crippen molar-refractivity contribution in [1.29, 1.82) is 0 Å². The maximum absolute atomic E-state index is 11.6. The van der Waals surface area contributed by atoms with E-state index in [2.05, 4.69) is 24.5 Å². The van der Waals surface area contributed by atoms with Crippen LogP contribution >= 0.6 is 0 Å². The Morgan fingerprint density at radius 1 is 1.54 bits per heavy atom. The van der Waals surface area contributed by atoms with E-state index in [0.717, 1.165) is 32.2 Å². The molecule has 1 unspecified atom stereocenters. The average Bonchev–Trinajstić information content (AvgIpc) is 2.66. The van der Waals surface area contributed by atoms with Crippen molar-refractivity contribution in [3.63, 3.8) is 0 Å². The summed E-state index contributed by atoms with van der Waals surface area (Å²) in [4.78, 5) is 11.6. The number of amides is 1. The van der Waals surface area contributed by atoms with Gasteiger partial charge in [0.05, 0.1) is 6.04 Å². The molecule has 0 aromatic rings. The molecule has 0 radical (unpaired) electrons. The van der Waals surface area contributed by atoms with Crippen LogP contribution in [-0.2, 0) is 4.79 Å². The van der Waals surface area contributed by atoms with E-state index in [1.54, 1.807) is 0 Å².